The van der Waals surface area contributed by atoms with Gasteiger partial charge < -0.3 is 10.1 Å². The van der Waals surface area contributed by atoms with Crippen LogP contribution in [0.5, 0.6) is 0 Å². The number of nitrogens with one attached hydrogen (secondary N) is 1. The van der Waals surface area contributed by atoms with Gasteiger partial charge in [-0.2, -0.15) is 5.10 Å². The summed E-state index contributed by atoms with van der Waals surface area (Å²) in [5, 5.41) is 7.56. The highest BCUT2D eigenvalue weighted by atomic mass is 16.5. The largest absolute Gasteiger partial charge is 0.383 e. The van der Waals surface area contributed by atoms with Gasteiger partial charge in [0.05, 0.1) is 13.2 Å². The van der Waals surface area contributed by atoms with E-state index in [1.54, 1.807) is 24.1 Å². The second-order valence-corrected chi connectivity index (χ2v) is 5.11. The summed E-state index contributed by atoms with van der Waals surface area (Å²) in [5.41, 5.74) is 0.709. The van der Waals surface area contributed by atoms with E-state index < -0.39 is 0 Å². The van der Waals surface area contributed by atoms with E-state index in [4.69, 9.17) is 4.74 Å². The summed E-state index contributed by atoms with van der Waals surface area (Å²) >= 11 is 0. The van der Waals surface area contributed by atoms with Crippen molar-refractivity contribution in [2.24, 2.45) is 5.92 Å². The molecule has 1 N–H and O–H groups in total. The maximum absolute atomic E-state index is 12.2. The van der Waals surface area contributed by atoms with Gasteiger partial charge >= 0.3 is 0 Å². The summed E-state index contributed by atoms with van der Waals surface area (Å²) in [6.45, 7) is 3.38. The van der Waals surface area contributed by atoms with Gasteiger partial charge in [-0.25, -0.2) is 0 Å². The van der Waals surface area contributed by atoms with Crippen LogP contribution in [0.25, 0.3) is 0 Å². The number of carbonyl (C=O) groups is 1. The minimum atomic E-state index is 0.194. The lowest BCUT2D eigenvalue weighted by molar-refractivity contribution is 0.0957. The summed E-state index contributed by atoms with van der Waals surface area (Å²) in [7, 11) is 1.65. The lowest BCUT2D eigenvalue weighted by Gasteiger charge is -2.22. The zero-order valence-corrected chi connectivity index (χ0v) is 11.6. The molecule has 0 saturated carbocycles. The van der Waals surface area contributed by atoms with Crippen LogP contribution in [-0.4, -0.2) is 42.4 Å². The third-order valence-corrected chi connectivity index (χ3v) is 3.69. The first kappa shape index (κ1) is 14.2. The smallest absolute Gasteiger partial charge is 0.180 e. The Hall–Kier alpha value is -1.20. The molecule has 1 saturated heterocycles. The third-order valence-electron chi connectivity index (χ3n) is 3.69. The number of aromatic nitrogens is 2. The average molecular weight is 265 g/mol. The molecular weight excluding hydrogens is 242 g/mol. The summed E-state index contributed by atoms with van der Waals surface area (Å²) in [6.07, 6.45) is 5.74. The molecule has 1 fully saturated rings. The molecule has 0 aromatic carbocycles. The van der Waals surface area contributed by atoms with E-state index in [-0.39, 0.29) is 5.78 Å². The minimum absolute atomic E-state index is 0.194. The summed E-state index contributed by atoms with van der Waals surface area (Å²) < 4.78 is 6.77. The van der Waals surface area contributed by atoms with Crippen molar-refractivity contribution in [3.05, 3.63) is 18.0 Å². The monoisotopic (exact) mass is 265 g/mol. The van der Waals surface area contributed by atoms with Gasteiger partial charge in [0, 0.05) is 19.7 Å². The van der Waals surface area contributed by atoms with E-state index in [0.717, 1.165) is 19.5 Å². The quantitative estimate of drug-likeness (QED) is 0.759. The molecule has 1 unspecified atom stereocenters. The molecule has 1 atom stereocenters. The molecule has 1 aromatic rings. The lowest BCUT2D eigenvalue weighted by Crippen LogP contribution is -2.30. The number of carbonyl (C=O) groups excluding carboxylic acids is 1. The van der Waals surface area contributed by atoms with Crippen molar-refractivity contribution in [3.8, 4) is 0 Å². The number of piperidine rings is 1. The van der Waals surface area contributed by atoms with Crippen LogP contribution >= 0.6 is 0 Å². The van der Waals surface area contributed by atoms with Gasteiger partial charge in [0.25, 0.3) is 0 Å². The number of hydrogen-bond donors (Lipinski definition) is 1. The molecule has 1 aliphatic rings. The van der Waals surface area contributed by atoms with E-state index in [1.165, 1.54) is 12.8 Å². The molecule has 106 valence electrons. The fraction of sp³-hybridized carbons (Fsp3) is 0.714. The van der Waals surface area contributed by atoms with Crippen molar-refractivity contribution in [2.75, 3.05) is 26.8 Å². The Morgan fingerprint density at radius 3 is 3.26 bits per heavy atom. The van der Waals surface area contributed by atoms with Gasteiger partial charge in [-0.3, -0.25) is 9.48 Å². The number of ketones is 1. The summed E-state index contributed by atoms with van der Waals surface area (Å²) in [4.78, 5) is 12.2. The second-order valence-electron chi connectivity index (χ2n) is 5.11. The third kappa shape index (κ3) is 4.14. The van der Waals surface area contributed by atoms with Crippen LogP contribution in [0.2, 0.25) is 0 Å². The van der Waals surface area contributed by atoms with Gasteiger partial charge in [-0.1, -0.05) is 0 Å². The molecule has 5 nitrogen and oxygen atoms in total. The number of Topliss-reactive ketones (excluding diaryl/α,β-unsaturated/α-hetero) is 1. The molecule has 0 aliphatic carbocycles. The maximum Gasteiger partial charge on any atom is 0.180 e. The first-order chi connectivity index (χ1) is 9.31. The Morgan fingerprint density at radius 2 is 2.53 bits per heavy atom. The summed E-state index contributed by atoms with van der Waals surface area (Å²) in [6, 6.07) is 1.80. The zero-order chi connectivity index (χ0) is 13.5. The van der Waals surface area contributed by atoms with Gasteiger partial charge in [0.15, 0.2) is 5.78 Å². The fourth-order valence-corrected chi connectivity index (χ4v) is 2.56. The molecule has 1 aliphatic heterocycles. The molecule has 2 heterocycles. The molecule has 0 amide bonds. The van der Waals surface area contributed by atoms with Crippen LogP contribution in [0.15, 0.2) is 12.3 Å². The highest BCUT2D eigenvalue weighted by Gasteiger charge is 2.17. The number of hydrogen-bond acceptors (Lipinski definition) is 4. The van der Waals surface area contributed by atoms with E-state index in [9.17, 15) is 4.79 Å². The van der Waals surface area contributed by atoms with Gasteiger partial charge in [0.2, 0.25) is 0 Å². The summed E-state index contributed by atoms with van der Waals surface area (Å²) in [5.74, 6) is 0.840. The Morgan fingerprint density at radius 1 is 1.63 bits per heavy atom. The number of methoxy groups -OCH3 is 1. The van der Waals surface area contributed by atoms with Crippen molar-refractivity contribution in [1.82, 2.24) is 15.1 Å². The number of rotatable bonds is 7. The van der Waals surface area contributed by atoms with Crippen molar-refractivity contribution in [1.29, 1.82) is 0 Å². The minimum Gasteiger partial charge on any atom is -0.383 e. The second kappa shape index (κ2) is 7.40. The number of nitrogens with zero attached hydrogens (tertiary/aromatic N) is 2. The van der Waals surface area contributed by atoms with Gasteiger partial charge in [-0.15, -0.1) is 0 Å². The van der Waals surface area contributed by atoms with E-state index in [1.807, 2.05) is 0 Å². The SMILES string of the molecule is COCCn1nccc1C(=O)CCC1CCCNC1. The van der Waals surface area contributed by atoms with E-state index in [0.29, 0.717) is 31.2 Å². The van der Waals surface area contributed by atoms with Crippen LogP contribution in [0.3, 0.4) is 0 Å². The molecule has 0 spiro atoms. The highest BCUT2D eigenvalue weighted by molar-refractivity contribution is 5.94. The number of ether oxygens (including phenoxy) is 1. The normalized spacial score (nSPS) is 19.5. The Bertz CT molecular complexity index is 397. The van der Waals surface area contributed by atoms with Crippen molar-refractivity contribution < 1.29 is 9.53 Å². The molecule has 2 rings (SSSR count). The molecule has 0 radical (unpaired) electrons. The molecular formula is C14H23N3O2. The van der Waals surface area contributed by atoms with Crippen LogP contribution in [-0.2, 0) is 11.3 Å². The molecule has 1 aromatic heterocycles. The van der Waals surface area contributed by atoms with E-state index in [2.05, 4.69) is 10.4 Å². The predicted molar refractivity (Wildman–Crippen MR) is 73.3 cm³/mol. The maximum atomic E-state index is 12.2. The first-order valence-electron chi connectivity index (χ1n) is 7.06. The van der Waals surface area contributed by atoms with E-state index >= 15 is 0 Å². The van der Waals surface area contributed by atoms with Gasteiger partial charge in [0.1, 0.15) is 5.69 Å². The average Bonchev–Trinajstić information content (AvgIpc) is 2.92. The Balaban J connectivity index is 1.83. The fourth-order valence-electron chi connectivity index (χ4n) is 2.56. The van der Waals surface area contributed by atoms with Crippen LogP contribution in [0, 0.1) is 5.92 Å². The Kier molecular flexibility index (Phi) is 5.54. The van der Waals surface area contributed by atoms with Crippen molar-refractivity contribution in [3.63, 3.8) is 0 Å². The van der Waals surface area contributed by atoms with Crippen molar-refractivity contribution in [2.45, 2.75) is 32.2 Å². The topological polar surface area (TPSA) is 56.2 Å². The molecule has 5 heteroatoms. The standard InChI is InChI=1S/C14H23N3O2/c1-19-10-9-17-13(6-8-16-17)14(18)5-4-12-3-2-7-15-11-12/h6,8,12,15H,2-5,7,9-11H2,1H3. The van der Waals surface area contributed by atoms with Gasteiger partial charge in [-0.05, 0) is 44.3 Å². The van der Waals surface area contributed by atoms with Crippen LogP contribution in [0.1, 0.15) is 36.2 Å². The van der Waals surface area contributed by atoms with Crippen molar-refractivity contribution >= 4 is 5.78 Å². The van der Waals surface area contributed by atoms with Crippen LogP contribution < -0.4 is 5.32 Å². The predicted octanol–water partition coefficient (Wildman–Crippen LogP) is 1.49. The van der Waals surface area contributed by atoms with Crippen LogP contribution in [0.4, 0.5) is 0 Å². The molecule has 19 heavy (non-hydrogen) atoms. The Labute approximate surface area is 114 Å². The molecule has 0 bridgehead atoms. The first-order valence-corrected chi connectivity index (χ1v) is 7.06. The highest BCUT2D eigenvalue weighted by Crippen LogP contribution is 2.17. The zero-order valence-electron chi connectivity index (χ0n) is 11.6. The lowest BCUT2D eigenvalue weighted by atomic mass is 9.93.